The molecule has 39 heavy (non-hydrogen) atoms. The summed E-state index contributed by atoms with van der Waals surface area (Å²) in [5, 5.41) is 0. The molecule has 0 aliphatic rings. The fraction of sp³-hybridized carbons (Fsp3) is 0.829. The smallest absolute Gasteiger partial charge is 0.397 e. The van der Waals surface area contributed by atoms with Gasteiger partial charge in [0.1, 0.15) is 5.75 Å². The summed E-state index contributed by atoms with van der Waals surface area (Å²) >= 11 is 0. The van der Waals surface area contributed by atoms with Crippen molar-refractivity contribution < 1.29 is 13.6 Å². The maximum atomic E-state index is 6.42. The summed E-state index contributed by atoms with van der Waals surface area (Å²) in [5.41, 5.74) is 1.29. The first-order valence-corrected chi connectivity index (χ1v) is 17.9. The van der Waals surface area contributed by atoms with Crippen LogP contribution >= 0.6 is 8.60 Å². The fourth-order valence-corrected chi connectivity index (χ4v) is 5.97. The van der Waals surface area contributed by atoms with Crippen molar-refractivity contribution in [1.29, 1.82) is 0 Å². The molecule has 0 spiro atoms. The molecule has 3 nitrogen and oxygen atoms in total. The van der Waals surface area contributed by atoms with Crippen molar-refractivity contribution in [1.82, 2.24) is 0 Å². The van der Waals surface area contributed by atoms with Crippen LogP contribution in [0.2, 0.25) is 0 Å². The van der Waals surface area contributed by atoms with E-state index in [1.165, 1.54) is 115 Å². The fourth-order valence-electron chi connectivity index (χ4n) is 4.89. The minimum absolute atomic E-state index is 0.727. The summed E-state index contributed by atoms with van der Waals surface area (Å²) < 4.78 is 18.9. The Hall–Kier alpha value is -0.630. The average molecular weight is 565 g/mol. The van der Waals surface area contributed by atoms with Gasteiger partial charge in [-0.25, -0.2) is 0 Å². The van der Waals surface area contributed by atoms with Crippen LogP contribution in [0.25, 0.3) is 0 Å². The Labute approximate surface area is 245 Å². The number of rotatable bonds is 28. The molecule has 228 valence electrons. The Morgan fingerprint density at radius 2 is 1.03 bits per heavy atom. The number of unbranched alkanes of at least 4 members (excludes halogenated alkanes) is 14. The molecule has 1 aromatic rings. The molecule has 0 unspecified atom stereocenters. The molecule has 4 heteroatoms. The van der Waals surface area contributed by atoms with Gasteiger partial charge in [-0.1, -0.05) is 156 Å². The molecule has 0 fully saturated rings. The van der Waals surface area contributed by atoms with E-state index in [9.17, 15) is 0 Å². The number of benzene rings is 1. The summed E-state index contributed by atoms with van der Waals surface area (Å²) in [6.07, 6.45) is 25.7. The molecule has 0 atom stereocenters. The van der Waals surface area contributed by atoms with Crippen molar-refractivity contribution in [3.8, 4) is 5.75 Å². The van der Waals surface area contributed by atoms with Crippen LogP contribution in [0.3, 0.4) is 0 Å². The predicted molar refractivity (Wildman–Crippen MR) is 173 cm³/mol. The van der Waals surface area contributed by atoms with Gasteiger partial charge in [-0.15, -0.1) is 0 Å². The molecule has 1 rings (SSSR count). The summed E-state index contributed by atoms with van der Waals surface area (Å²) in [5.74, 6) is 2.59. The predicted octanol–water partition coefficient (Wildman–Crippen LogP) is 12.6. The maximum absolute atomic E-state index is 6.42. The van der Waals surface area contributed by atoms with Crippen LogP contribution in [-0.2, 0) is 15.5 Å². The van der Waals surface area contributed by atoms with E-state index >= 15 is 0 Å². The number of aryl methyl sites for hydroxylation is 1. The van der Waals surface area contributed by atoms with Crippen LogP contribution in [0.5, 0.6) is 5.75 Å². The second kappa shape index (κ2) is 26.3. The standard InChI is InChI=1S/C35H65O3P/c1-6-7-8-9-10-15-20-27-34-28-21-22-29-35(34)38-39(36-30-23-16-11-13-18-25-32(2)3)37-31-24-17-12-14-19-26-33(4)5/h21-22,28-29,32-33H,6-20,23-27,30-31H2,1-5H3. The first-order chi connectivity index (χ1) is 19.0. The van der Waals surface area contributed by atoms with Gasteiger partial charge in [0.25, 0.3) is 0 Å². The third kappa shape index (κ3) is 22.7. The second-order valence-electron chi connectivity index (χ2n) is 12.4. The first-order valence-electron chi connectivity index (χ1n) is 16.8. The van der Waals surface area contributed by atoms with E-state index in [2.05, 4.69) is 58.9 Å². The normalized spacial score (nSPS) is 11.8. The minimum atomic E-state index is -1.35. The van der Waals surface area contributed by atoms with Gasteiger partial charge in [0, 0.05) is 0 Å². The lowest BCUT2D eigenvalue weighted by Crippen LogP contribution is -2.02. The molecule has 0 radical (unpaired) electrons. The quantitative estimate of drug-likeness (QED) is 0.0748. The van der Waals surface area contributed by atoms with E-state index in [-0.39, 0.29) is 0 Å². The van der Waals surface area contributed by atoms with Gasteiger partial charge in [-0.2, -0.15) is 0 Å². The van der Waals surface area contributed by atoms with Crippen LogP contribution in [0.15, 0.2) is 24.3 Å². The molecule has 0 saturated carbocycles. The lowest BCUT2D eigenvalue weighted by atomic mass is 10.0. The molecule has 0 aromatic heterocycles. The van der Waals surface area contributed by atoms with Gasteiger partial charge < -0.3 is 13.6 Å². The van der Waals surface area contributed by atoms with E-state index in [0.29, 0.717) is 0 Å². The molecule has 0 heterocycles. The van der Waals surface area contributed by atoms with Crippen LogP contribution in [-0.4, -0.2) is 13.2 Å². The largest absolute Gasteiger partial charge is 0.426 e. The van der Waals surface area contributed by atoms with Gasteiger partial charge in [0.05, 0.1) is 13.2 Å². The van der Waals surface area contributed by atoms with E-state index in [0.717, 1.165) is 50.1 Å². The number of para-hydroxylation sites is 1. The monoisotopic (exact) mass is 564 g/mol. The maximum Gasteiger partial charge on any atom is 0.397 e. The third-order valence-corrected chi connectivity index (χ3v) is 8.57. The lowest BCUT2D eigenvalue weighted by Gasteiger charge is -2.19. The first kappa shape index (κ1) is 36.4. The molecule has 0 aliphatic carbocycles. The Morgan fingerprint density at radius 3 is 1.56 bits per heavy atom. The highest BCUT2D eigenvalue weighted by atomic mass is 31.2. The molecule has 1 aromatic carbocycles. The van der Waals surface area contributed by atoms with E-state index in [1.807, 2.05) is 0 Å². The third-order valence-electron chi connectivity index (χ3n) is 7.44. The number of hydrogen-bond acceptors (Lipinski definition) is 3. The molecule has 0 bridgehead atoms. The second-order valence-corrected chi connectivity index (χ2v) is 13.5. The van der Waals surface area contributed by atoms with Crippen LogP contribution in [0.1, 0.15) is 162 Å². The van der Waals surface area contributed by atoms with Crippen LogP contribution in [0.4, 0.5) is 0 Å². The Balaban J connectivity index is 2.46. The SMILES string of the molecule is CCCCCCCCCc1ccccc1OP(OCCCCCCCC(C)C)OCCCCCCCC(C)C. The van der Waals surface area contributed by atoms with Crippen molar-refractivity contribution in [2.75, 3.05) is 13.2 Å². The van der Waals surface area contributed by atoms with Crippen molar-refractivity contribution >= 4 is 8.60 Å². The van der Waals surface area contributed by atoms with Crippen molar-refractivity contribution in [2.45, 2.75) is 163 Å². The van der Waals surface area contributed by atoms with Crippen LogP contribution in [0, 0.1) is 11.8 Å². The summed E-state index contributed by atoms with van der Waals surface area (Å²) in [4.78, 5) is 0. The van der Waals surface area contributed by atoms with E-state index < -0.39 is 8.60 Å². The highest BCUT2D eigenvalue weighted by molar-refractivity contribution is 7.42. The van der Waals surface area contributed by atoms with Gasteiger partial charge in [0.15, 0.2) is 0 Å². The van der Waals surface area contributed by atoms with Crippen molar-refractivity contribution in [3.05, 3.63) is 29.8 Å². The van der Waals surface area contributed by atoms with Crippen molar-refractivity contribution in [3.63, 3.8) is 0 Å². The number of hydrogen-bond donors (Lipinski definition) is 0. The molecular formula is C35H65O3P. The van der Waals surface area contributed by atoms with Gasteiger partial charge in [-0.05, 0) is 49.1 Å². The average Bonchev–Trinajstić information content (AvgIpc) is 2.91. The minimum Gasteiger partial charge on any atom is -0.426 e. The summed E-state index contributed by atoms with van der Waals surface area (Å²) in [6.45, 7) is 13.0. The zero-order chi connectivity index (χ0) is 28.4. The molecular weight excluding hydrogens is 499 g/mol. The lowest BCUT2D eigenvalue weighted by molar-refractivity contribution is 0.198. The topological polar surface area (TPSA) is 27.7 Å². The van der Waals surface area contributed by atoms with Gasteiger partial charge in [0.2, 0.25) is 0 Å². The molecule has 0 amide bonds. The van der Waals surface area contributed by atoms with E-state index in [4.69, 9.17) is 13.6 Å². The van der Waals surface area contributed by atoms with Crippen LogP contribution < -0.4 is 4.52 Å². The highest BCUT2D eigenvalue weighted by Gasteiger charge is 2.17. The Bertz CT molecular complexity index is 625. The van der Waals surface area contributed by atoms with E-state index in [1.54, 1.807) is 0 Å². The molecule has 0 N–H and O–H groups in total. The Morgan fingerprint density at radius 1 is 0.564 bits per heavy atom. The molecule has 0 aliphatic heterocycles. The van der Waals surface area contributed by atoms with Crippen molar-refractivity contribution in [2.24, 2.45) is 11.8 Å². The van der Waals surface area contributed by atoms with Gasteiger partial charge >= 0.3 is 8.60 Å². The van der Waals surface area contributed by atoms with Gasteiger partial charge in [-0.3, -0.25) is 0 Å². The zero-order valence-electron chi connectivity index (χ0n) is 26.7. The highest BCUT2D eigenvalue weighted by Crippen LogP contribution is 2.42. The Kier molecular flexibility index (Phi) is 24.5. The zero-order valence-corrected chi connectivity index (χ0v) is 27.6. The molecule has 0 saturated heterocycles. The summed E-state index contributed by atoms with van der Waals surface area (Å²) in [7, 11) is -1.35. The summed E-state index contributed by atoms with van der Waals surface area (Å²) in [6, 6.07) is 8.52.